The molecule has 2 heteroatoms. The Bertz CT molecular complexity index is 293. The summed E-state index contributed by atoms with van der Waals surface area (Å²) in [5, 5.41) is 10.1. The second-order valence-corrected chi connectivity index (χ2v) is 5.72. The first-order chi connectivity index (χ1) is 8.20. The average molecular weight is 252 g/mol. The Labute approximate surface area is 110 Å². The highest BCUT2D eigenvalue weighted by Gasteiger charge is 2.20. The molecule has 0 aliphatic carbocycles. The topological polar surface area (TPSA) is 20.2 Å². The van der Waals surface area contributed by atoms with Crippen molar-refractivity contribution in [1.29, 1.82) is 0 Å². The lowest BCUT2D eigenvalue weighted by Gasteiger charge is -2.24. The van der Waals surface area contributed by atoms with Crippen molar-refractivity contribution in [1.82, 2.24) is 0 Å². The maximum absolute atomic E-state index is 10.1. The van der Waals surface area contributed by atoms with Gasteiger partial charge < -0.3 is 5.11 Å². The normalized spacial score (nSPS) is 11.7. The van der Waals surface area contributed by atoms with Gasteiger partial charge in [-0.1, -0.05) is 32.0 Å². The molecule has 1 N–H and O–H groups in total. The van der Waals surface area contributed by atoms with Crippen molar-refractivity contribution in [2.24, 2.45) is 0 Å². The van der Waals surface area contributed by atoms with Gasteiger partial charge in [0.1, 0.15) is 0 Å². The fourth-order valence-corrected chi connectivity index (χ4v) is 2.80. The van der Waals surface area contributed by atoms with Gasteiger partial charge in [-0.15, -0.1) is 11.8 Å². The number of aliphatic hydroxyl groups is 1. The summed E-state index contributed by atoms with van der Waals surface area (Å²) in [6.45, 7) is 4.14. The molecule has 0 saturated carbocycles. The van der Waals surface area contributed by atoms with Crippen LogP contribution in [0.15, 0.2) is 35.2 Å². The molecule has 1 nitrogen and oxygen atoms in total. The van der Waals surface area contributed by atoms with Crippen LogP contribution in [0.3, 0.4) is 0 Å². The Balaban J connectivity index is 2.13. The van der Waals surface area contributed by atoms with Crippen LogP contribution in [0, 0.1) is 0 Å². The second-order valence-electron chi connectivity index (χ2n) is 4.55. The van der Waals surface area contributed by atoms with Crippen LogP contribution in [0.25, 0.3) is 0 Å². The molecular weight excluding hydrogens is 228 g/mol. The van der Waals surface area contributed by atoms with Gasteiger partial charge in [0.05, 0.1) is 5.60 Å². The molecule has 0 amide bonds. The Morgan fingerprint density at radius 3 is 2.29 bits per heavy atom. The maximum Gasteiger partial charge on any atom is 0.0642 e. The first kappa shape index (κ1) is 14.6. The number of thioether (sulfide) groups is 1. The van der Waals surface area contributed by atoms with Gasteiger partial charge in [0.15, 0.2) is 0 Å². The molecule has 0 unspecified atom stereocenters. The monoisotopic (exact) mass is 252 g/mol. The van der Waals surface area contributed by atoms with Crippen LogP contribution in [0.1, 0.15) is 46.0 Å². The zero-order valence-electron chi connectivity index (χ0n) is 11.0. The molecule has 0 fully saturated rings. The molecule has 17 heavy (non-hydrogen) atoms. The Morgan fingerprint density at radius 1 is 1.06 bits per heavy atom. The number of hydrogen-bond acceptors (Lipinski definition) is 2. The van der Waals surface area contributed by atoms with E-state index in [1.54, 1.807) is 0 Å². The lowest BCUT2D eigenvalue weighted by molar-refractivity contribution is 0.0216. The molecule has 96 valence electrons. The van der Waals surface area contributed by atoms with E-state index in [-0.39, 0.29) is 0 Å². The van der Waals surface area contributed by atoms with E-state index in [0.717, 1.165) is 31.4 Å². The third-order valence-corrected chi connectivity index (χ3v) is 4.46. The largest absolute Gasteiger partial charge is 0.390 e. The summed E-state index contributed by atoms with van der Waals surface area (Å²) in [5.74, 6) is 1.15. The third kappa shape index (κ3) is 5.60. The molecule has 0 bridgehead atoms. The van der Waals surface area contributed by atoms with Gasteiger partial charge in [-0.3, -0.25) is 0 Å². The van der Waals surface area contributed by atoms with Crippen molar-refractivity contribution in [2.75, 3.05) is 5.75 Å². The summed E-state index contributed by atoms with van der Waals surface area (Å²) in [5.41, 5.74) is -0.419. The molecule has 1 aromatic carbocycles. The van der Waals surface area contributed by atoms with Crippen LogP contribution >= 0.6 is 11.8 Å². The molecule has 0 atom stereocenters. The van der Waals surface area contributed by atoms with Crippen LogP contribution in [-0.2, 0) is 0 Å². The van der Waals surface area contributed by atoms with Gasteiger partial charge in [0.2, 0.25) is 0 Å². The number of rotatable bonds is 8. The highest BCUT2D eigenvalue weighted by atomic mass is 32.2. The predicted octanol–water partition coefficient (Wildman–Crippen LogP) is 4.50. The van der Waals surface area contributed by atoms with E-state index in [0.29, 0.717) is 0 Å². The molecule has 0 aromatic heterocycles. The molecule has 1 aromatic rings. The number of unbranched alkanes of at least 4 members (excludes halogenated alkanes) is 1. The second kappa shape index (κ2) is 7.78. The van der Waals surface area contributed by atoms with Crippen molar-refractivity contribution in [3.63, 3.8) is 0 Å². The highest BCUT2D eigenvalue weighted by molar-refractivity contribution is 7.99. The molecule has 0 spiro atoms. The summed E-state index contributed by atoms with van der Waals surface area (Å²) < 4.78 is 0. The van der Waals surface area contributed by atoms with Gasteiger partial charge in [0, 0.05) is 4.90 Å². The minimum absolute atomic E-state index is 0.419. The molecule has 0 aliphatic rings. The van der Waals surface area contributed by atoms with Gasteiger partial charge >= 0.3 is 0 Å². The van der Waals surface area contributed by atoms with Crippen LogP contribution in [0.5, 0.6) is 0 Å². The fourth-order valence-electron chi connectivity index (χ4n) is 1.87. The van der Waals surface area contributed by atoms with Gasteiger partial charge in [-0.05, 0) is 50.0 Å². The molecular formula is C15H24OS. The fraction of sp³-hybridized carbons (Fsp3) is 0.600. The smallest absolute Gasteiger partial charge is 0.0642 e. The van der Waals surface area contributed by atoms with Crippen LogP contribution in [-0.4, -0.2) is 16.5 Å². The van der Waals surface area contributed by atoms with Crippen molar-refractivity contribution in [3.8, 4) is 0 Å². The number of hydrogen-bond donors (Lipinski definition) is 1. The Hall–Kier alpha value is -0.470. The SMILES string of the molecule is CCC(O)(CC)CCCCSc1ccccc1. The molecule has 1 rings (SSSR count). The standard InChI is InChI=1S/C15H24OS/c1-3-15(16,4-2)12-8-9-13-17-14-10-6-5-7-11-14/h5-7,10-11,16H,3-4,8-9,12-13H2,1-2H3. The lowest BCUT2D eigenvalue weighted by Crippen LogP contribution is -2.26. The van der Waals surface area contributed by atoms with Crippen LogP contribution in [0.2, 0.25) is 0 Å². The van der Waals surface area contributed by atoms with E-state index in [1.165, 1.54) is 11.3 Å². The first-order valence-electron chi connectivity index (χ1n) is 6.60. The van der Waals surface area contributed by atoms with Crippen molar-refractivity contribution < 1.29 is 5.11 Å². The van der Waals surface area contributed by atoms with Gasteiger partial charge in [0.25, 0.3) is 0 Å². The minimum Gasteiger partial charge on any atom is -0.390 e. The first-order valence-corrected chi connectivity index (χ1v) is 7.59. The van der Waals surface area contributed by atoms with Crippen molar-refractivity contribution >= 4 is 11.8 Å². The lowest BCUT2D eigenvalue weighted by atomic mass is 9.91. The third-order valence-electron chi connectivity index (χ3n) is 3.36. The maximum atomic E-state index is 10.1. The molecule has 0 aliphatic heterocycles. The zero-order valence-corrected chi connectivity index (χ0v) is 11.8. The molecule has 0 heterocycles. The Morgan fingerprint density at radius 2 is 1.71 bits per heavy atom. The summed E-state index contributed by atoms with van der Waals surface area (Å²) in [6.07, 6.45) is 4.99. The average Bonchev–Trinajstić information content (AvgIpc) is 2.39. The summed E-state index contributed by atoms with van der Waals surface area (Å²) in [6, 6.07) is 10.5. The van der Waals surface area contributed by atoms with E-state index in [9.17, 15) is 5.11 Å². The van der Waals surface area contributed by atoms with E-state index in [2.05, 4.69) is 38.1 Å². The van der Waals surface area contributed by atoms with Crippen LogP contribution < -0.4 is 0 Å². The molecule has 0 radical (unpaired) electrons. The minimum atomic E-state index is -0.419. The molecule has 0 saturated heterocycles. The van der Waals surface area contributed by atoms with Gasteiger partial charge in [-0.25, -0.2) is 0 Å². The summed E-state index contributed by atoms with van der Waals surface area (Å²) >= 11 is 1.90. The predicted molar refractivity (Wildman–Crippen MR) is 76.5 cm³/mol. The highest BCUT2D eigenvalue weighted by Crippen LogP contribution is 2.24. The van der Waals surface area contributed by atoms with Crippen molar-refractivity contribution in [3.05, 3.63) is 30.3 Å². The van der Waals surface area contributed by atoms with E-state index >= 15 is 0 Å². The van der Waals surface area contributed by atoms with Crippen molar-refractivity contribution in [2.45, 2.75) is 56.4 Å². The van der Waals surface area contributed by atoms with E-state index in [4.69, 9.17) is 0 Å². The van der Waals surface area contributed by atoms with E-state index in [1.807, 2.05) is 17.8 Å². The van der Waals surface area contributed by atoms with Gasteiger partial charge in [-0.2, -0.15) is 0 Å². The van der Waals surface area contributed by atoms with Crippen LogP contribution in [0.4, 0.5) is 0 Å². The summed E-state index contributed by atoms with van der Waals surface area (Å²) in [7, 11) is 0. The zero-order chi connectivity index (χ0) is 12.6. The number of benzene rings is 1. The quantitative estimate of drug-likeness (QED) is 0.543. The van der Waals surface area contributed by atoms with E-state index < -0.39 is 5.60 Å². The Kier molecular flexibility index (Phi) is 6.68. The summed E-state index contributed by atoms with van der Waals surface area (Å²) in [4.78, 5) is 1.34.